The van der Waals surface area contributed by atoms with Gasteiger partial charge in [0.2, 0.25) is 11.8 Å². The van der Waals surface area contributed by atoms with Crippen LogP contribution in [0.15, 0.2) is 24.3 Å². The molecule has 148 valence electrons. The third kappa shape index (κ3) is 4.26. The van der Waals surface area contributed by atoms with Gasteiger partial charge in [-0.1, -0.05) is 18.2 Å². The molecule has 8 heteroatoms. The van der Waals surface area contributed by atoms with Crippen LogP contribution in [0.1, 0.15) is 25.3 Å². The Bertz CT molecular complexity index is 823. The highest BCUT2D eigenvalue weighted by molar-refractivity contribution is 7.91. The molecule has 2 aliphatic heterocycles. The van der Waals surface area contributed by atoms with Crippen molar-refractivity contribution in [3.05, 3.63) is 29.8 Å². The smallest absolute Gasteiger partial charge is 0.228 e. The minimum atomic E-state index is -3.06. The first-order valence-corrected chi connectivity index (χ1v) is 11.1. The van der Waals surface area contributed by atoms with E-state index >= 15 is 0 Å². The van der Waals surface area contributed by atoms with Crippen molar-refractivity contribution < 1.29 is 22.7 Å². The van der Waals surface area contributed by atoms with Crippen molar-refractivity contribution in [1.82, 2.24) is 9.80 Å². The van der Waals surface area contributed by atoms with E-state index in [-0.39, 0.29) is 35.8 Å². The van der Waals surface area contributed by atoms with Gasteiger partial charge in [0.1, 0.15) is 5.75 Å². The first kappa shape index (κ1) is 19.7. The molecule has 2 amide bonds. The van der Waals surface area contributed by atoms with Crippen LogP contribution in [0.5, 0.6) is 5.75 Å². The molecule has 7 nitrogen and oxygen atoms in total. The minimum Gasteiger partial charge on any atom is -0.496 e. The standard InChI is InChI=1S/C19H26N2O5S/c1-3-21(16-8-9-27(24,25)13-16)19(23)15-10-18(22)20(12-15)11-14-6-4-5-7-17(14)26-2/h4-7,15-16H,3,8-13H2,1-2H3. The van der Waals surface area contributed by atoms with Crippen LogP contribution in [0, 0.1) is 5.92 Å². The SMILES string of the molecule is CCN(C(=O)C1CC(=O)N(Cc2ccccc2OC)C1)C1CCS(=O)(=O)C1. The van der Waals surface area contributed by atoms with Gasteiger partial charge in [0.15, 0.2) is 9.84 Å². The van der Waals surface area contributed by atoms with Gasteiger partial charge < -0.3 is 14.5 Å². The second kappa shape index (κ2) is 7.88. The van der Waals surface area contributed by atoms with Crippen molar-refractivity contribution in [2.45, 2.75) is 32.4 Å². The van der Waals surface area contributed by atoms with Crippen LogP contribution in [-0.2, 0) is 26.0 Å². The number of benzene rings is 1. The van der Waals surface area contributed by atoms with Gasteiger partial charge in [-0.25, -0.2) is 8.42 Å². The summed E-state index contributed by atoms with van der Waals surface area (Å²) >= 11 is 0. The van der Waals surface area contributed by atoms with Gasteiger partial charge in [-0.2, -0.15) is 0 Å². The van der Waals surface area contributed by atoms with E-state index in [1.165, 1.54) is 0 Å². The highest BCUT2D eigenvalue weighted by atomic mass is 32.2. The van der Waals surface area contributed by atoms with Gasteiger partial charge in [-0.3, -0.25) is 9.59 Å². The number of nitrogens with zero attached hydrogens (tertiary/aromatic N) is 2. The fraction of sp³-hybridized carbons (Fsp3) is 0.579. The number of carbonyl (C=O) groups is 2. The number of carbonyl (C=O) groups excluding carboxylic acids is 2. The maximum atomic E-state index is 13.0. The lowest BCUT2D eigenvalue weighted by molar-refractivity contribution is -0.137. The van der Waals surface area contributed by atoms with Crippen LogP contribution in [-0.4, -0.2) is 67.8 Å². The minimum absolute atomic E-state index is 0.0260. The van der Waals surface area contributed by atoms with Crippen LogP contribution in [0.2, 0.25) is 0 Å². The summed E-state index contributed by atoms with van der Waals surface area (Å²) in [6.45, 7) is 3.06. The Morgan fingerprint density at radius 3 is 2.70 bits per heavy atom. The summed E-state index contributed by atoms with van der Waals surface area (Å²) < 4.78 is 28.9. The van der Waals surface area contributed by atoms with Crippen molar-refractivity contribution in [2.24, 2.45) is 5.92 Å². The Kier molecular flexibility index (Phi) is 5.74. The Balaban J connectivity index is 1.68. The third-order valence-electron chi connectivity index (χ3n) is 5.39. The molecule has 2 heterocycles. The number of rotatable bonds is 6. The van der Waals surface area contributed by atoms with Gasteiger partial charge in [-0.05, 0) is 19.4 Å². The molecule has 2 unspecified atom stereocenters. The second-order valence-corrected chi connectivity index (χ2v) is 9.40. The average molecular weight is 394 g/mol. The molecule has 2 saturated heterocycles. The molecule has 0 aliphatic carbocycles. The molecule has 0 spiro atoms. The topological polar surface area (TPSA) is 84.0 Å². The third-order valence-corrected chi connectivity index (χ3v) is 7.14. The van der Waals surface area contributed by atoms with Crippen LogP contribution in [0.25, 0.3) is 0 Å². The summed E-state index contributed by atoms with van der Waals surface area (Å²) in [5.74, 6) is 0.273. The Hall–Kier alpha value is -2.09. The van der Waals surface area contributed by atoms with E-state index in [1.54, 1.807) is 16.9 Å². The molecule has 2 fully saturated rings. The number of likely N-dealkylation sites (tertiary alicyclic amines) is 1. The summed E-state index contributed by atoms with van der Waals surface area (Å²) in [7, 11) is -1.47. The molecule has 0 saturated carbocycles. The summed E-state index contributed by atoms with van der Waals surface area (Å²) in [5, 5.41) is 0. The molecule has 1 aromatic carbocycles. The molecule has 3 rings (SSSR count). The van der Waals surface area contributed by atoms with Gasteiger partial charge in [0.05, 0.1) is 24.5 Å². The first-order valence-electron chi connectivity index (χ1n) is 9.25. The molecule has 1 aromatic rings. The zero-order valence-electron chi connectivity index (χ0n) is 15.8. The van der Waals surface area contributed by atoms with E-state index in [1.807, 2.05) is 31.2 Å². The lowest BCUT2D eigenvalue weighted by Gasteiger charge is -2.29. The number of methoxy groups -OCH3 is 1. The van der Waals surface area contributed by atoms with Crippen LogP contribution in [0.3, 0.4) is 0 Å². The quantitative estimate of drug-likeness (QED) is 0.721. The van der Waals surface area contributed by atoms with Crippen LogP contribution >= 0.6 is 0 Å². The molecule has 2 atom stereocenters. The summed E-state index contributed by atoms with van der Waals surface area (Å²) in [6.07, 6.45) is 0.650. The monoisotopic (exact) mass is 394 g/mol. The van der Waals surface area contributed by atoms with E-state index in [2.05, 4.69) is 0 Å². The highest BCUT2D eigenvalue weighted by Gasteiger charge is 2.40. The van der Waals surface area contributed by atoms with Crippen molar-refractivity contribution in [3.63, 3.8) is 0 Å². The molecule has 0 radical (unpaired) electrons. The predicted molar refractivity (Wildman–Crippen MR) is 101 cm³/mol. The maximum absolute atomic E-state index is 13.0. The maximum Gasteiger partial charge on any atom is 0.228 e. The largest absolute Gasteiger partial charge is 0.496 e. The number of hydrogen-bond donors (Lipinski definition) is 0. The second-order valence-electron chi connectivity index (χ2n) is 7.17. The van der Waals surface area contributed by atoms with E-state index in [9.17, 15) is 18.0 Å². The molecular formula is C19H26N2O5S. The van der Waals surface area contributed by atoms with Crippen LogP contribution in [0.4, 0.5) is 0 Å². The van der Waals surface area contributed by atoms with E-state index in [0.717, 1.165) is 5.56 Å². The molecule has 0 bridgehead atoms. The number of sulfone groups is 1. The van der Waals surface area contributed by atoms with E-state index in [4.69, 9.17) is 4.74 Å². The molecule has 2 aliphatic rings. The summed E-state index contributed by atoms with van der Waals surface area (Å²) in [6, 6.07) is 7.24. The molecule has 0 N–H and O–H groups in total. The Morgan fingerprint density at radius 1 is 1.33 bits per heavy atom. The molecular weight excluding hydrogens is 368 g/mol. The van der Waals surface area contributed by atoms with Crippen molar-refractivity contribution in [3.8, 4) is 5.75 Å². The average Bonchev–Trinajstić information content (AvgIpc) is 3.18. The van der Waals surface area contributed by atoms with Gasteiger partial charge in [-0.15, -0.1) is 0 Å². The van der Waals surface area contributed by atoms with Crippen LogP contribution < -0.4 is 4.74 Å². The Labute approximate surface area is 160 Å². The van der Waals surface area contributed by atoms with Crippen molar-refractivity contribution in [2.75, 3.05) is 31.7 Å². The van der Waals surface area contributed by atoms with E-state index in [0.29, 0.717) is 31.8 Å². The van der Waals surface area contributed by atoms with Gasteiger partial charge in [0, 0.05) is 37.7 Å². The number of amides is 2. The first-order chi connectivity index (χ1) is 12.8. The zero-order chi connectivity index (χ0) is 19.6. The predicted octanol–water partition coefficient (Wildman–Crippen LogP) is 1.08. The highest BCUT2D eigenvalue weighted by Crippen LogP contribution is 2.27. The number of para-hydroxylation sites is 1. The molecule has 0 aromatic heterocycles. The zero-order valence-corrected chi connectivity index (χ0v) is 16.6. The van der Waals surface area contributed by atoms with E-state index < -0.39 is 15.8 Å². The number of hydrogen-bond acceptors (Lipinski definition) is 5. The fourth-order valence-corrected chi connectivity index (χ4v) is 5.71. The summed E-state index contributed by atoms with van der Waals surface area (Å²) in [5.41, 5.74) is 0.899. The molecule has 27 heavy (non-hydrogen) atoms. The number of ether oxygens (including phenoxy) is 1. The van der Waals surface area contributed by atoms with Gasteiger partial charge >= 0.3 is 0 Å². The van der Waals surface area contributed by atoms with Gasteiger partial charge in [0.25, 0.3) is 0 Å². The fourth-order valence-electron chi connectivity index (χ4n) is 3.98. The normalized spacial score (nSPS) is 24.2. The Morgan fingerprint density at radius 2 is 2.07 bits per heavy atom. The lowest BCUT2D eigenvalue weighted by atomic mass is 10.1. The summed E-state index contributed by atoms with van der Waals surface area (Å²) in [4.78, 5) is 28.7. The van der Waals surface area contributed by atoms with Crippen molar-refractivity contribution >= 4 is 21.7 Å². The van der Waals surface area contributed by atoms with Crippen molar-refractivity contribution in [1.29, 1.82) is 0 Å². The lowest BCUT2D eigenvalue weighted by Crippen LogP contribution is -2.44.